The third-order valence-electron chi connectivity index (χ3n) is 6.14. The minimum absolute atomic E-state index is 0.00525. The second-order valence-corrected chi connectivity index (χ2v) is 12.5. The molecule has 3 aliphatic carbocycles. The van der Waals surface area contributed by atoms with E-state index in [1.807, 2.05) is 0 Å². The summed E-state index contributed by atoms with van der Waals surface area (Å²) in [7, 11) is 1.58. The summed E-state index contributed by atoms with van der Waals surface area (Å²) in [6, 6.07) is 0. The number of halogens is 4. The second kappa shape index (κ2) is 8.64. The number of hydrogen-bond donors (Lipinski definition) is 0. The highest BCUT2D eigenvalue weighted by molar-refractivity contribution is 9.12. The van der Waals surface area contributed by atoms with Crippen molar-refractivity contribution in [2.75, 3.05) is 7.05 Å². The van der Waals surface area contributed by atoms with Gasteiger partial charge >= 0.3 is 0 Å². The Kier molecular flexibility index (Phi) is 7.07. The lowest BCUT2D eigenvalue weighted by molar-refractivity contribution is -0.138. The molecular weight excluding hydrogens is 614 g/mol. The molecule has 0 aromatic heterocycles. The van der Waals surface area contributed by atoms with Crippen molar-refractivity contribution in [3.8, 4) is 0 Å². The Morgan fingerprint density at radius 1 is 0.630 bits per heavy atom. The largest absolute Gasteiger partial charge is 0.299 e. The van der Waals surface area contributed by atoms with Crippen LogP contribution in [0.2, 0.25) is 0 Å². The lowest BCUT2D eigenvalue weighted by Gasteiger charge is -2.30. The van der Waals surface area contributed by atoms with Gasteiger partial charge in [-0.2, -0.15) is 0 Å². The number of fused-ring (bicyclic) bond motifs is 2. The number of ketones is 2. The van der Waals surface area contributed by atoms with Crippen LogP contribution in [0.5, 0.6) is 0 Å². The second-order valence-electron chi connectivity index (χ2n) is 7.78. The van der Waals surface area contributed by atoms with Crippen LogP contribution in [0.1, 0.15) is 32.1 Å². The molecule has 1 aliphatic heterocycles. The fourth-order valence-electron chi connectivity index (χ4n) is 4.52. The monoisotopic (exact) mass is 631 g/mol. The van der Waals surface area contributed by atoms with Gasteiger partial charge in [-0.25, -0.2) is 0 Å². The van der Waals surface area contributed by atoms with Crippen LogP contribution in [0, 0.1) is 23.7 Å². The molecule has 5 nitrogen and oxygen atoms in total. The molecule has 4 rings (SSSR count). The molecule has 3 saturated carbocycles. The average molecular weight is 635 g/mol. The van der Waals surface area contributed by atoms with Crippen LogP contribution in [0.15, 0.2) is 0 Å². The van der Waals surface area contributed by atoms with Gasteiger partial charge in [-0.15, -0.1) is 0 Å². The fraction of sp³-hybridized carbons (Fsp3) is 0.778. The topological polar surface area (TPSA) is 71.5 Å². The molecule has 0 spiro atoms. The zero-order valence-corrected chi connectivity index (χ0v) is 21.1. The van der Waals surface area contributed by atoms with E-state index in [2.05, 4.69) is 63.7 Å². The smallest absolute Gasteiger partial charge is 0.232 e. The maximum atomic E-state index is 11.7. The van der Waals surface area contributed by atoms with E-state index in [1.54, 1.807) is 7.05 Å². The summed E-state index contributed by atoms with van der Waals surface area (Å²) in [5.74, 6) is 0.109. The van der Waals surface area contributed by atoms with Crippen molar-refractivity contribution in [2.45, 2.75) is 51.4 Å². The molecule has 27 heavy (non-hydrogen) atoms. The molecular formula is C18H21Br4NO4. The highest BCUT2D eigenvalue weighted by atomic mass is 79.9. The minimum Gasteiger partial charge on any atom is -0.299 e. The molecule has 0 N–H and O–H groups in total. The molecule has 9 heteroatoms. The van der Waals surface area contributed by atoms with Crippen LogP contribution in [0.4, 0.5) is 0 Å². The van der Waals surface area contributed by atoms with Gasteiger partial charge in [0.05, 0.1) is 18.3 Å². The third-order valence-corrected chi connectivity index (χ3v) is 11.6. The van der Waals surface area contributed by atoms with Gasteiger partial charge in [0, 0.05) is 38.2 Å². The molecule has 2 amide bonds. The highest BCUT2D eigenvalue weighted by Crippen LogP contribution is 2.43. The zero-order chi connectivity index (χ0) is 20.0. The maximum absolute atomic E-state index is 11.7. The lowest BCUT2D eigenvalue weighted by atomic mass is 9.81. The van der Waals surface area contributed by atoms with Crippen molar-refractivity contribution in [1.82, 2.24) is 4.90 Å². The Morgan fingerprint density at radius 2 is 0.926 bits per heavy atom. The van der Waals surface area contributed by atoms with Gasteiger partial charge in [0.15, 0.2) is 0 Å². The van der Waals surface area contributed by atoms with Crippen molar-refractivity contribution in [3.05, 3.63) is 0 Å². The Bertz CT molecular complexity index is 618. The molecule has 0 aromatic carbocycles. The van der Waals surface area contributed by atoms with Crippen molar-refractivity contribution in [2.24, 2.45) is 23.7 Å². The van der Waals surface area contributed by atoms with E-state index in [1.165, 1.54) is 4.90 Å². The Morgan fingerprint density at radius 3 is 1.26 bits per heavy atom. The van der Waals surface area contributed by atoms with Crippen LogP contribution >= 0.6 is 63.7 Å². The van der Waals surface area contributed by atoms with E-state index < -0.39 is 0 Å². The van der Waals surface area contributed by atoms with Gasteiger partial charge in [0.2, 0.25) is 11.8 Å². The summed E-state index contributed by atoms with van der Waals surface area (Å²) in [5.41, 5.74) is 0. The predicted octanol–water partition coefficient (Wildman–Crippen LogP) is 3.62. The number of carbonyl (C=O) groups excluding carboxylic acids is 4. The summed E-state index contributed by atoms with van der Waals surface area (Å²) in [4.78, 5) is 48.7. The number of imide groups is 1. The number of hydrogen-bond acceptors (Lipinski definition) is 4. The first-order valence-electron chi connectivity index (χ1n) is 9.04. The molecule has 0 aromatic rings. The van der Waals surface area contributed by atoms with Crippen LogP contribution in [-0.4, -0.2) is 54.6 Å². The number of alkyl halides is 4. The van der Waals surface area contributed by atoms with E-state index in [4.69, 9.17) is 0 Å². The van der Waals surface area contributed by atoms with Gasteiger partial charge in [-0.1, -0.05) is 63.7 Å². The van der Waals surface area contributed by atoms with Gasteiger partial charge in [-0.3, -0.25) is 24.1 Å². The number of amides is 2. The summed E-state index contributed by atoms with van der Waals surface area (Å²) in [6.07, 6.45) is 3.32. The van der Waals surface area contributed by atoms with E-state index in [9.17, 15) is 19.2 Å². The van der Waals surface area contributed by atoms with Crippen molar-refractivity contribution in [3.63, 3.8) is 0 Å². The first kappa shape index (κ1) is 22.1. The molecule has 4 fully saturated rings. The normalized spacial score (nSPS) is 44.0. The Labute approximate surface area is 192 Å². The quantitative estimate of drug-likeness (QED) is 0.232. The predicted molar refractivity (Wildman–Crippen MR) is 116 cm³/mol. The molecule has 4 aliphatic rings. The van der Waals surface area contributed by atoms with Crippen LogP contribution < -0.4 is 0 Å². The number of Topliss-reactive ketones (excluding diaryl/α,β-unsaturated/α-hetero) is 2. The van der Waals surface area contributed by atoms with Crippen LogP contribution in [0.3, 0.4) is 0 Å². The van der Waals surface area contributed by atoms with E-state index in [0.29, 0.717) is 19.3 Å². The molecule has 1 heterocycles. The zero-order valence-electron chi connectivity index (χ0n) is 14.7. The van der Waals surface area contributed by atoms with Crippen molar-refractivity contribution < 1.29 is 19.2 Å². The van der Waals surface area contributed by atoms with Gasteiger partial charge in [0.1, 0.15) is 11.6 Å². The fourth-order valence-corrected chi connectivity index (χ4v) is 6.99. The highest BCUT2D eigenvalue weighted by Gasteiger charge is 2.50. The van der Waals surface area contributed by atoms with Gasteiger partial charge < -0.3 is 0 Å². The van der Waals surface area contributed by atoms with Crippen molar-refractivity contribution in [1.29, 1.82) is 0 Å². The van der Waals surface area contributed by atoms with Crippen molar-refractivity contribution >= 4 is 87.1 Å². The van der Waals surface area contributed by atoms with Gasteiger partial charge in [-0.05, 0) is 25.7 Å². The third kappa shape index (κ3) is 4.31. The molecule has 1 saturated heterocycles. The summed E-state index contributed by atoms with van der Waals surface area (Å²) >= 11 is 14.1. The number of nitrogens with zero attached hydrogens (tertiary/aromatic N) is 1. The molecule has 150 valence electrons. The van der Waals surface area contributed by atoms with Crippen LogP contribution in [-0.2, 0) is 19.2 Å². The molecule has 8 unspecified atom stereocenters. The number of likely N-dealkylation sites (tertiary alicyclic amines) is 1. The summed E-state index contributed by atoms with van der Waals surface area (Å²) < 4.78 is 0. The Balaban J connectivity index is 0.000000156. The number of rotatable bonds is 0. The summed E-state index contributed by atoms with van der Waals surface area (Å²) in [6.45, 7) is 0. The van der Waals surface area contributed by atoms with E-state index >= 15 is 0 Å². The number of carbonyl (C=O) groups is 4. The van der Waals surface area contributed by atoms with E-state index in [-0.39, 0.29) is 53.5 Å². The molecule has 0 bridgehead atoms. The Hall–Kier alpha value is 0.400. The first-order chi connectivity index (χ1) is 12.6. The SMILES string of the molecule is CN1C(=O)C2CC(Br)C(Br)CC2C1=O.O=C1CC(=O)C2CC(Br)C(Br)CC12. The van der Waals surface area contributed by atoms with Crippen LogP contribution in [0.25, 0.3) is 0 Å². The average Bonchev–Trinajstić information content (AvgIpc) is 2.99. The maximum Gasteiger partial charge on any atom is 0.232 e. The van der Waals surface area contributed by atoms with E-state index in [0.717, 1.165) is 25.7 Å². The first-order valence-corrected chi connectivity index (χ1v) is 12.7. The molecule has 0 radical (unpaired) electrons. The standard InChI is InChI=1S/C9H11Br2NO2.C9H10Br2O2/c1-12-8(13)4-2-6(10)7(11)3-5(4)9(12)14;10-6-1-4-5(2-7(6)11)9(13)3-8(4)12/h4-7H,2-3H2,1H3;4-7H,1-3H2. The lowest BCUT2D eigenvalue weighted by Crippen LogP contribution is -2.34. The van der Waals surface area contributed by atoms with Gasteiger partial charge in [0.25, 0.3) is 0 Å². The molecule has 8 atom stereocenters. The summed E-state index contributed by atoms with van der Waals surface area (Å²) in [5, 5.41) is 0. The minimum atomic E-state index is -0.0920.